The molecule has 2 aromatic carbocycles. The number of carboxylic acid groups (broad SMARTS) is 1. The van der Waals surface area contributed by atoms with Gasteiger partial charge in [-0.1, -0.05) is 35.9 Å². The van der Waals surface area contributed by atoms with Crippen molar-refractivity contribution in [3.05, 3.63) is 63.8 Å². The van der Waals surface area contributed by atoms with Gasteiger partial charge < -0.3 is 24.2 Å². The fraction of sp³-hybridized carbons (Fsp3) is 0.406. The lowest BCUT2D eigenvalue weighted by atomic mass is 9.96. The van der Waals surface area contributed by atoms with Crippen LogP contribution in [0.25, 0.3) is 21.3 Å². The SMILES string of the molecule is COc1ccccc1C[C@@H](Oc1ncnc2sc(C(C)(F)F)c(-c3ccc(OCCN4CCN(C)CC4)c(Cl)c3C)c12)C(=O)O. The molecule has 9 nitrogen and oxygen atoms in total. The predicted molar refractivity (Wildman–Crippen MR) is 170 cm³/mol. The van der Waals surface area contributed by atoms with E-state index in [2.05, 4.69) is 26.8 Å². The molecule has 45 heavy (non-hydrogen) atoms. The van der Waals surface area contributed by atoms with E-state index in [1.807, 2.05) is 0 Å². The van der Waals surface area contributed by atoms with Crippen molar-refractivity contribution in [2.24, 2.45) is 0 Å². The molecule has 0 saturated carbocycles. The normalized spacial score (nSPS) is 15.3. The first kappa shape index (κ1) is 32.8. The smallest absolute Gasteiger partial charge is 0.345 e. The largest absolute Gasteiger partial charge is 0.496 e. The van der Waals surface area contributed by atoms with Gasteiger partial charge in [0, 0.05) is 51.6 Å². The standard InChI is InChI=1S/C32H35ClF2N4O5S/c1-19-21(9-10-23(27(19)33)43-16-15-39-13-11-38(3)12-14-39)25-26-29(36-18-37-30(26)45-28(25)32(2,34)35)44-24(31(40)41)17-20-7-5-6-8-22(20)42-4/h5-10,18,24H,11-17H2,1-4H3,(H,40,41)/t24-/m1/s1. The Kier molecular flexibility index (Phi) is 10.1. The molecule has 0 spiro atoms. The molecule has 13 heteroatoms. The summed E-state index contributed by atoms with van der Waals surface area (Å²) in [5.74, 6) is -3.67. The van der Waals surface area contributed by atoms with Crippen molar-refractivity contribution in [1.82, 2.24) is 19.8 Å². The molecule has 2 aromatic heterocycles. The number of benzene rings is 2. The number of aliphatic carboxylic acids is 1. The molecule has 3 heterocycles. The van der Waals surface area contributed by atoms with Crippen LogP contribution >= 0.6 is 22.9 Å². The summed E-state index contributed by atoms with van der Waals surface area (Å²) < 4.78 is 47.7. The molecule has 0 radical (unpaired) electrons. The number of nitrogens with zero attached hydrogens (tertiary/aromatic N) is 4. The number of likely N-dealkylation sites (N-methyl/N-ethyl adjacent to an activating group) is 1. The van der Waals surface area contributed by atoms with E-state index in [9.17, 15) is 9.90 Å². The van der Waals surface area contributed by atoms with Crippen LogP contribution in [0, 0.1) is 6.92 Å². The molecule has 0 unspecified atom stereocenters. The Morgan fingerprint density at radius 3 is 2.56 bits per heavy atom. The number of halogens is 3. The fourth-order valence-electron chi connectivity index (χ4n) is 5.35. The van der Waals surface area contributed by atoms with E-state index >= 15 is 8.78 Å². The number of piperazine rings is 1. The highest BCUT2D eigenvalue weighted by Crippen LogP contribution is 2.50. The van der Waals surface area contributed by atoms with Crippen molar-refractivity contribution in [2.75, 3.05) is 53.5 Å². The monoisotopic (exact) mass is 660 g/mol. The van der Waals surface area contributed by atoms with Crippen LogP contribution in [0.3, 0.4) is 0 Å². The number of aromatic nitrogens is 2. The fourth-order valence-corrected chi connectivity index (χ4v) is 6.64. The van der Waals surface area contributed by atoms with E-state index in [1.54, 1.807) is 43.3 Å². The molecule has 1 aliphatic rings. The maximum atomic E-state index is 15.2. The lowest BCUT2D eigenvalue weighted by Gasteiger charge is -2.32. The maximum Gasteiger partial charge on any atom is 0.345 e. The van der Waals surface area contributed by atoms with Crippen molar-refractivity contribution in [2.45, 2.75) is 32.3 Å². The van der Waals surface area contributed by atoms with E-state index in [0.29, 0.717) is 39.8 Å². The summed E-state index contributed by atoms with van der Waals surface area (Å²) in [6.45, 7) is 7.62. The van der Waals surface area contributed by atoms with Crippen LogP contribution in [-0.2, 0) is 17.1 Å². The Balaban J connectivity index is 1.50. The Morgan fingerprint density at radius 2 is 1.87 bits per heavy atom. The number of thiophene rings is 1. The highest BCUT2D eigenvalue weighted by Gasteiger charge is 2.35. The number of rotatable bonds is 12. The Labute approximate surface area is 269 Å². The third kappa shape index (κ3) is 7.30. The quantitative estimate of drug-likeness (QED) is 0.192. The first-order chi connectivity index (χ1) is 21.5. The topological polar surface area (TPSA) is 97.3 Å². The molecular weight excluding hydrogens is 626 g/mol. The molecule has 0 aliphatic carbocycles. The van der Waals surface area contributed by atoms with Crippen molar-refractivity contribution in [3.63, 3.8) is 0 Å². The van der Waals surface area contributed by atoms with E-state index in [0.717, 1.165) is 51.0 Å². The van der Waals surface area contributed by atoms with Crippen LogP contribution in [0.4, 0.5) is 8.78 Å². The molecular formula is C32H35ClF2N4O5S. The van der Waals surface area contributed by atoms with Crippen LogP contribution in [-0.4, -0.2) is 90.4 Å². The zero-order chi connectivity index (χ0) is 32.3. The molecule has 0 bridgehead atoms. The number of ether oxygens (including phenoxy) is 3. The molecule has 1 N–H and O–H groups in total. The summed E-state index contributed by atoms with van der Waals surface area (Å²) in [5, 5.41) is 10.6. The van der Waals surface area contributed by atoms with Crippen LogP contribution < -0.4 is 14.2 Å². The van der Waals surface area contributed by atoms with Gasteiger partial charge in [0.1, 0.15) is 29.3 Å². The molecule has 1 aliphatic heterocycles. The van der Waals surface area contributed by atoms with Gasteiger partial charge in [0.25, 0.3) is 5.92 Å². The minimum atomic E-state index is -3.25. The number of carbonyl (C=O) groups is 1. The van der Waals surface area contributed by atoms with Gasteiger partial charge in [-0.05, 0) is 42.8 Å². The molecule has 5 rings (SSSR count). The number of para-hydroxylation sites is 1. The van der Waals surface area contributed by atoms with E-state index in [-0.39, 0.29) is 33.0 Å². The minimum absolute atomic E-state index is 0.0495. The lowest BCUT2D eigenvalue weighted by molar-refractivity contribution is -0.145. The second-order valence-corrected chi connectivity index (χ2v) is 12.4. The number of methoxy groups -OCH3 is 1. The Bertz CT molecular complexity index is 1670. The van der Waals surface area contributed by atoms with Crippen LogP contribution in [0.1, 0.15) is 22.9 Å². The van der Waals surface area contributed by atoms with E-state index in [1.165, 1.54) is 13.4 Å². The first-order valence-electron chi connectivity index (χ1n) is 14.5. The molecule has 1 saturated heterocycles. The second kappa shape index (κ2) is 13.8. The van der Waals surface area contributed by atoms with Gasteiger partial charge in [-0.25, -0.2) is 23.5 Å². The van der Waals surface area contributed by atoms with E-state index < -0.39 is 18.0 Å². The predicted octanol–water partition coefficient (Wildman–Crippen LogP) is 6.14. The van der Waals surface area contributed by atoms with Crippen LogP contribution in [0.15, 0.2) is 42.7 Å². The number of hydrogen-bond donors (Lipinski definition) is 1. The highest BCUT2D eigenvalue weighted by atomic mass is 35.5. The molecule has 1 atom stereocenters. The zero-order valence-corrected chi connectivity index (χ0v) is 27.1. The number of hydrogen-bond acceptors (Lipinski definition) is 9. The zero-order valence-electron chi connectivity index (χ0n) is 25.5. The van der Waals surface area contributed by atoms with E-state index in [4.69, 9.17) is 25.8 Å². The molecule has 1 fully saturated rings. The molecule has 240 valence electrons. The minimum Gasteiger partial charge on any atom is -0.496 e. The number of alkyl halides is 2. The Hall–Kier alpha value is -3.58. The maximum absolute atomic E-state index is 15.2. The summed E-state index contributed by atoms with van der Waals surface area (Å²) in [7, 11) is 3.59. The van der Waals surface area contributed by atoms with Gasteiger partial charge in [0.05, 0.1) is 22.4 Å². The summed E-state index contributed by atoms with van der Waals surface area (Å²) in [4.78, 5) is 25.4. The molecule has 4 aromatic rings. The van der Waals surface area contributed by atoms with Crippen molar-refractivity contribution in [1.29, 1.82) is 0 Å². The van der Waals surface area contributed by atoms with Gasteiger partial charge in [0.2, 0.25) is 12.0 Å². The molecule has 0 amide bonds. The van der Waals surface area contributed by atoms with Gasteiger partial charge in [-0.3, -0.25) is 4.90 Å². The average Bonchev–Trinajstić information content (AvgIpc) is 3.41. The second-order valence-electron chi connectivity index (χ2n) is 11.1. The summed E-state index contributed by atoms with van der Waals surface area (Å²) in [5.41, 5.74) is 1.70. The Morgan fingerprint density at radius 1 is 1.13 bits per heavy atom. The van der Waals surface area contributed by atoms with Crippen molar-refractivity contribution >= 4 is 39.1 Å². The van der Waals surface area contributed by atoms with Gasteiger partial charge in [-0.15, -0.1) is 11.3 Å². The first-order valence-corrected chi connectivity index (χ1v) is 15.7. The van der Waals surface area contributed by atoms with Gasteiger partial charge in [-0.2, -0.15) is 0 Å². The number of fused-ring (bicyclic) bond motifs is 1. The van der Waals surface area contributed by atoms with Gasteiger partial charge >= 0.3 is 5.97 Å². The van der Waals surface area contributed by atoms with Crippen molar-refractivity contribution < 1.29 is 32.9 Å². The lowest BCUT2D eigenvalue weighted by Crippen LogP contribution is -2.45. The summed E-state index contributed by atoms with van der Waals surface area (Å²) in [6, 6.07) is 10.3. The van der Waals surface area contributed by atoms with Crippen LogP contribution in [0.2, 0.25) is 5.02 Å². The average molecular weight is 661 g/mol. The van der Waals surface area contributed by atoms with Crippen LogP contribution in [0.5, 0.6) is 17.4 Å². The highest BCUT2D eigenvalue weighted by molar-refractivity contribution is 7.19. The van der Waals surface area contributed by atoms with Crippen molar-refractivity contribution in [3.8, 4) is 28.5 Å². The third-order valence-corrected chi connectivity index (χ3v) is 9.60. The van der Waals surface area contributed by atoms with Gasteiger partial charge in [0.15, 0.2) is 0 Å². The third-order valence-electron chi connectivity index (χ3n) is 7.86. The number of carboxylic acids is 1. The summed E-state index contributed by atoms with van der Waals surface area (Å²) >= 11 is 7.58. The summed E-state index contributed by atoms with van der Waals surface area (Å²) in [6.07, 6.45) is -0.264.